The summed E-state index contributed by atoms with van der Waals surface area (Å²) in [6.07, 6.45) is 1.72. The zero-order valence-electron chi connectivity index (χ0n) is 19.1. The van der Waals surface area contributed by atoms with Crippen molar-refractivity contribution in [2.24, 2.45) is 0 Å². The van der Waals surface area contributed by atoms with Gasteiger partial charge in [0, 0.05) is 62.5 Å². The van der Waals surface area contributed by atoms with Crippen molar-refractivity contribution in [2.45, 2.75) is 52.2 Å². The Labute approximate surface area is 212 Å². The van der Waals surface area contributed by atoms with Gasteiger partial charge in [0.2, 0.25) is 0 Å². The molecule has 0 bridgehead atoms. The van der Waals surface area contributed by atoms with Gasteiger partial charge in [-0.05, 0) is 47.9 Å². The smallest absolute Gasteiger partial charge is 0.162 e. The number of hydrogen-bond acceptors (Lipinski definition) is 2. The number of benzene rings is 4. The van der Waals surface area contributed by atoms with Crippen LogP contribution in [-0.2, 0) is 35.2 Å². The first-order valence-electron chi connectivity index (χ1n) is 11.3. The summed E-state index contributed by atoms with van der Waals surface area (Å²) < 4.78 is 24.8. The van der Waals surface area contributed by atoms with E-state index < -0.39 is 22.4 Å². The van der Waals surface area contributed by atoms with E-state index in [-0.39, 0.29) is 0 Å². The molecule has 0 amide bonds. The summed E-state index contributed by atoms with van der Waals surface area (Å²) >= 11 is 3.88. The maximum atomic E-state index is 12.5. The summed E-state index contributed by atoms with van der Waals surface area (Å²) in [5.41, 5.74) is 5.95. The Morgan fingerprint density at radius 2 is 1.09 bits per heavy atom. The molecule has 2 aliphatic rings. The minimum Gasteiger partial charge on any atom is -0.606 e. The molecule has 0 aliphatic carbocycles. The molecule has 2 atom stereocenters. The van der Waals surface area contributed by atoms with E-state index in [1.807, 2.05) is 60.7 Å². The largest absolute Gasteiger partial charge is 0.606 e. The average molecular weight is 505 g/mol. The van der Waals surface area contributed by atoms with Crippen LogP contribution in [0.2, 0.25) is 5.02 Å². The third-order valence-electron chi connectivity index (χ3n) is 6.28. The molecule has 0 radical (unpaired) electrons. The van der Waals surface area contributed by atoms with Crippen molar-refractivity contribution >= 4 is 34.0 Å². The van der Waals surface area contributed by atoms with E-state index in [0.717, 1.165) is 43.6 Å². The van der Waals surface area contributed by atoms with Crippen LogP contribution in [0.4, 0.5) is 0 Å². The monoisotopic (exact) mass is 504 g/mol. The summed E-state index contributed by atoms with van der Waals surface area (Å²) in [6.45, 7) is 4.38. The van der Waals surface area contributed by atoms with Crippen LogP contribution >= 0.6 is 11.6 Å². The topological polar surface area (TPSA) is 46.1 Å². The van der Waals surface area contributed by atoms with Gasteiger partial charge in [-0.25, -0.2) is 0 Å². The SMILES string of the molecule is CC(C)c1ccc2c(c1)Cc1ccccc1[S+]2[O-].[O-][S+]1c2ccccc2Cc2cc(Cl)ccc21. The van der Waals surface area contributed by atoms with Crippen LogP contribution in [0.1, 0.15) is 47.6 Å². The summed E-state index contributed by atoms with van der Waals surface area (Å²) in [7, 11) is 0. The number of hydrogen-bond donors (Lipinski definition) is 0. The Hall–Kier alpha value is -2.21. The van der Waals surface area contributed by atoms with Crippen LogP contribution in [0.25, 0.3) is 0 Å². The van der Waals surface area contributed by atoms with E-state index in [9.17, 15) is 9.11 Å². The zero-order chi connectivity index (χ0) is 23.8. The molecule has 0 N–H and O–H groups in total. The highest BCUT2D eigenvalue weighted by atomic mass is 35.5. The van der Waals surface area contributed by atoms with E-state index >= 15 is 0 Å². The first-order valence-corrected chi connectivity index (χ1v) is 14.0. The van der Waals surface area contributed by atoms with Crippen molar-refractivity contribution < 1.29 is 9.11 Å². The average Bonchev–Trinajstić information content (AvgIpc) is 2.84. The second-order valence-corrected chi connectivity index (χ2v) is 12.2. The molecule has 34 heavy (non-hydrogen) atoms. The third-order valence-corrected chi connectivity index (χ3v) is 9.71. The lowest BCUT2D eigenvalue weighted by atomic mass is 9.97. The first-order chi connectivity index (χ1) is 16.4. The molecule has 0 spiro atoms. The van der Waals surface area contributed by atoms with Gasteiger partial charge in [0.05, 0.1) is 0 Å². The van der Waals surface area contributed by atoms with Crippen LogP contribution in [0, 0.1) is 0 Å². The van der Waals surface area contributed by atoms with Gasteiger partial charge in [-0.3, -0.25) is 0 Å². The second-order valence-electron chi connectivity index (χ2n) is 8.88. The van der Waals surface area contributed by atoms with E-state index in [2.05, 4.69) is 32.0 Å². The maximum absolute atomic E-state index is 12.5. The summed E-state index contributed by atoms with van der Waals surface area (Å²) in [4.78, 5) is 3.78. The molecule has 0 saturated heterocycles. The van der Waals surface area contributed by atoms with Crippen molar-refractivity contribution in [3.8, 4) is 0 Å². The maximum Gasteiger partial charge on any atom is 0.162 e. The van der Waals surface area contributed by atoms with E-state index in [1.165, 1.54) is 16.7 Å². The van der Waals surface area contributed by atoms with Gasteiger partial charge in [-0.2, -0.15) is 0 Å². The molecule has 2 aliphatic heterocycles. The molecular formula is C29H25ClO2S2. The van der Waals surface area contributed by atoms with Crippen molar-refractivity contribution in [2.75, 3.05) is 0 Å². The molecule has 2 nitrogen and oxygen atoms in total. The van der Waals surface area contributed by atoms with E-state index in [0.29, 0.717) is 10.9 Å². The minimum absolute atomic E-state index is 0.515. The quantitative estimate of drug-likeness (QED) is 0.255. The molecule has 0 aromatic heterocycles. The highest BCUT2D eigenvalue weighted by Gasteiger charge is 2.29. The summed E-state index contributed by atoms with van der Waals surface area (Å²) in [5.74, 6) is 0.515. The first kappa shape index (κ1) is 23.5. The standard InChI is InChI=1S/C16H16OS.C13H9ClOS/c1-11(2)12-7-8-16-14(9-12)10-13-5-3-4-6-15(13)18(16)17;14-11-5-6-13-10(8-11)7-9-3-1-2-4-12(9)16(13)15/h3-9,11H,10H2,1-2H3;1-6,8H,7H2. The lowest BCUT2D eigenvalue weighted by Crippen LogP contribution is -2.14. The molecule has 4 aromatic carbocycles. The number of rotatable bonds is 1. The Morgan fingerprint density at radius 3 is 1.65 bits per heavy atom. The Balaban J connectivity index is 0.000000142. The number of halogens is 1. The molecule has 172 valence electrons. The Kier molecular flexibility index (Phi) is 6.79. The van der Waals surface area contributed by atoms with Gasteiger partial charge >= 0.3 is 0 Å². The van der Waals surface area contributed by atoms with Crippen molar-refractivity contribution in [1.29, 1.82) is 0 Å². The highest BCUT2D eigenvalue weighted by Crippen LogP contribution is 2.36. The van der Waals surface area contributed by atoms with Crippen molar-refractivity contribution in [1.82, 2.24) is 0 Å². The fraction of sp³-hybridized carbons (Fsp3) is 0.172. The van der Waals surface area contributed by atoms with Crippen LogP contribution in [0.3, 0.4) is 0 Å². The number of fused-ring (bicyclic) bond motifs is 4. The van der Waals surface area contributed by atoms with Gasteiger partial charge in [0.15, 0.2) is 19.6 Å². The van der Waals surface area contributed by atoms with Crippen LogP contribution in [0.5, 0.6) is 0 Å². The lowest BCUT2D eigenvalue weighted by Gasteiger charge is -2.22. The molecule has 4 aromatic rings. The normalized spacial score (nSPS) is 17.6. The second kappa shape index (κ2) is 9.80. The van der Waals surface area contributed by atoms with E-state index in [4.69, 9.17) is 11.6 Å². The van der Waals surface area contributed by atoms with Gasteiger partial charge in [-0.1, -0.05) is 74.0 Å². The predicted molar refractivity (Wildman–Crippen MR) is 140 cm³/mol. The third kappa shape index (κ3) is 4.53. The molecule has 2 unspecified atom stereocenters. The molecule has 0 saturated carbocycles. The van der Waals surface area contributed by atoms with Gasteiger partial charge < -0.3 is 9.11 Å². The lowest BCUT2D eigenvalue weighted by molar-refractivity contribution is 0.589. The van der Waals surface area contributed by atoms with Crippen LogP contribution < -0.4 is 0 Å². The zero-order valence-corrected chi connectivity index (χ0v) is 21.5. The van der Waals surface area contributed by atoms with Gasteiger partial charge in [0.25, 0.3) is 0 Å². The van der Waals surface area contributed by atoms with E-state index in [1.54, 1.807) is 6.07 Å². The fourth-order valence-corrected chi connectivity index (χ4v) is 7.40. The summed E-state index contributed by atoms with van der Waals surface area (Å²) in [6, 6.07) is 27.8. The molecule has 0 fully saturated rings. The Morgan fingerprint density at radius 1 is 0.618 bits per heavy atom. The van der Waals surface area contributed by atoms with Gasteiger partial charge in [-0.15, -0.1) is 0 Å². The molecule has 6 rings (SSSR count). The Bertz CT molecular complexity index is 1350. The molecular weight excluding hydrogens is 480 g/mol. The van der Waals surface area contributed by atoms with Crippen LogP contribution in [-0.4, -0.2) is 9.11 Å². The molecule has 2 heterocycles. The summed E-state index contributed by atoms with van der Waals surface area (Å²) in [5, 5.41) is 0.704. The van der Waals surface area contributed by atoms with Crippen molar-refractivity contribution in [3.63, 3.8) is 0 Å². The molecule has 5 heteroatoms. The highest BCUT2D eigenvalue weighted by molar-refractivity contribution is 7.92. The predicted octanol–water partition coefficient (Wildman–Crippen LogP) is 7.29. The van der Waals surface area contributed by atoms with Gasteiger partial charge in [0.1, 0.15) is 0 Å². The van der Waals surface area contributed by atoms with Crippen molar-refractivity contribution in [3.05, 3.63) is 118 Å². The fourth-order valence-electron chi connectivity index (χ4n) is 4.45. The van der Waals surface area contributed by atoms with Crippen LogP contribution in [0.15, 0.2) is 105 Å². The minimum atomic E-state index is -1.06.